The first-order valence-electron chi connectivity index (χ1n) is 4.87. The van der Waals surface area contributed by atoms with Crippen LogP contribution in [0.1, 0.15) is 33.3 Å². The van der Waals surface area contributed by atoms with Crippen LogP contribution in [0, 0.1) is 3.57 Å². The van der Waals surface area contributed by atoms with Gasteiger partial charge >= 0.3 is 0 Å². The Hall–Kier alpha value is -0.250. The molecule has 0 spiro atoms. The highest BCUT2D eigenvalue weighted by Gasteiger charge is 2.15. The van der Waals surface area contributed by atoms with Crippen molar-refractivity contribution in [1.82, 2.24) is 0 Å². The fraction of sp³-hybridized carbons (Fsp3) is 0.500. The molecular weight excluding hydrogens is 287 g/mol. The van der Waals surface area contributed by atoms with E-state index in [0.29, 0.717) is 0 Å². The lowest BCUT2D eigenvalue weighted by Gasteiger charge is -2.20. The fourth-order valence-corrected chi connectivity index (χ4v) is 1.89. The molecule has 14 heavy (non-hydrogen) atoms. The molecule has 0 saturated heterocycles. The Morgan fingerprint density at radius 3 is 2.36 bits per heavy atom. The molecule has 0 aliphatic heterocycles. The Morgan fingerprint density at radius 1 is 1.21 bits per heavy atom. The number of benzene rings is 1. The third kappa shape index (κ3) is 3.15. The van der Waals surface area contributed by atoms with Crippen LogP contribution >= 0.6 is 22.6 Å². The van der Waals surface area contributed by atoms with Crippen LogP contribution in [0.25, 0.3) is 0 Å². The molecule has 0 N–H and O–H groups in total. The van der Waals surface area contributed by atoms with Crippen molar-refractivity contribution in [2.24, 2.45) is 0 Å². The molecule has 1 aromatic rings. The second-order valence-electron chi connectivity index (χ2n) is 4.36. The van der Waals surface area contributed by atoms with E-state index in [4.69, 9.17) is 4.74 Å². The zero-order chi connectivity index (χ0) is 10.8. The molecule has 2 heteroatoms. The van der Waals surface area contributed by atoms with Crippen molar-refractivity contribution in [2.45, 2.75) is 33.1 Å². The van der Waals surface area contributed by atoms with Crippen LogP contribution in [0.3, 0.4) is 0 Å². The normalized spacial score (nSPS) is 11.5. The highest BCUT2D eigenvalue weighted by Crippen LogP contribution is 2.28. The average molecular weight is 304 g/mol. The molecule has 0 atom stereocenters. The van der Waals surface area contributed by atoms with E-state index in [1.807, 2.05) is 6.92 Å². The quantitative estimate of drug-likeness (QED) is 0.751. The SMILES string of the molecule is CCOc1cc(I)cc(C(C)(C)C)c1. The third-order valence-electron chi connectivity index (χ3n) is 2.05. The highest BCUT2D eigenvalue weighted by atomic mass is 127. The fourth-order valence-electron chi connectivity index (χ4n) is 1.25. The molecule has 0 fully saturated rings. The standard InChI is InChI=1S/C12H17IO/c1-5-14-11-7-9(12(2,3)4)6-10(13)8-11/h6-8H,5H2,1-4H3. The summed E-state index contributed by atoms with van der Waals surface area (Å²) in [6.45, 7) is 9.39. The Kier molecular flexibility index (Phi) is 3.81. The number of ether oxygens (including phenoxy) is 1. The van der Waals surface area contributed by atoms with Gasteiger partial charge in [0.25, 0.3) is 0 Å². The van der Waals surface area contributed by atoms with Gasteiger partial charge in [-0.15, -0.1) is 0 Å². The molecule has 0 unspecified atom stereocenters. The minimum absolute atomic E-state index is 0.188. The Labute approximate surface area is 100.0 Å². The minimum atomic E-state index is 0.188. The Balaban J connectivity index is 3.07. The van der Waals surface area contributed by atoms with Crippen molar-refractivity contribution in [3.8, 4) is 5.75 Å². The van der Waals surface area contributed by atoms with Crippen molar-refractivity contribution in [1.29, 1.82) is 0 Å². The monoisotopic (exact) mass is 304 g/mol. The second kappa shape index (κ2) is 4.51. The number of halogens is 1. The van der Waals surface area contributed by atoms with Gasteiger partial charge in [0.15, 0.2) is 0 Å². The van der Waals surface area contributed by atoms with E-state index in [0.717, 1.165) is 12.4 Å². The molecule has 0 amide bonds. The summed E-state index contributed by atoms with van der Waals surface area (Å²) < 4.78 is 6.75. The van der Waals surface area contributed by atoms with Gasteiger partial charge in [0.1, 0.15) is 5.75 Å². The van der Waals surface area contributed by atoms with Gasteiger partial charge in [-0.2, -0.15) is 0 Å². The summed E-state index contributed by atoms with van der Waals surface area (Å²) in [7, 11) is 0. The van der Waals surface area contributed by atoms with Crippen molar-refractivity contribution in [3.63, 3.8) is 0 Å². The lowest BCUT2D eigenvalue weighted by atomic mass is 9.87. The van der Waals surface area contributed by atoms with Crippen molar-refractivity contribution in [2.75, 3.05) is 6.61 Å². The number of hydrogen-bond acceptors (Lipinski definition) is 1. The van der Waals surface area contributed by atoms with Crippen LogP contribution in [0.2, 0.25) is 0 Å². The predicted octanol–water partition coefficient (Wildman–Crippen LogP) is 3.99. The number of hydrogen-bond donors (Lipinski definition) is 0. The molecular formula is C12H17IO. The third-order valence-corrected chi connectivity index (χ3v) is 2.67. The molecule has 1 aromatic carbocycles. The van der Waals surface area contributed by atoms with Gasteiger partial charge in [0.05, 0.1) is 6.61 Å². The Bertz CT molecular complexity index is 313. The molecule has 0 aromatic heterocycles. The second-order valence-corrected chi connectivity index (χ2v) is 5.60. The molecule has 1 nitrogen and oxygen atoms in total. The molecule has 0 aliphatic carbocycles. The van der Waals surface area contributed by atoms with Crippen LogP contribution in [0.4, 0.5) is 0 Å². The van der Waals surface area contributed by atoms with E-state index in [1.54, 1.807) is 0 Å². The number of rotatable bonds is 2. The smallest absolute Gasteiger partial charge is 0.120 e. The zero-order valence-corrected chi connectivity index (χ0v) is 11.4. The van der Waals surface area contributed by atoms with Gasteiger partial charge in [-0.05, 0) is 58.7 Å². The zero-order valence-electron chi connectivity index (χ0n) is 9.23. The van der Waals surface area contributed by atoms with Gasteiger partial charge in [0.2, 0.25) is 0 Å². The van der Waals surface area contributed by atoms with Crippen LogP contribution in [0.15, 0.2) is 18.2 Å². The average Bonchev–Trinajstić information content (AvgIpc) is 2.02. The maximum Gasteiger partial charge on any atom is 0.120 e. The molecule has 0 saturated carbocycles. The topological polar surface area (TPSA) is 9.23 Å². The van der Waals surface area contributed by atoms with Crippen LogP contribution < -0.4 is 4.74 Å². The van der Waals surface area contributed by atoms with Gasteiger partial charge in [0, 0.05) is 3.57 Å². The molecule has 0 aliphatic rings. The van der Waals surface area contributed by atoms with E-state index in [-0.39, 0.29) is 5.41 Å². The molecule has 78 valence electrons. The van der Waals surface area contributed by atoms with Gasteiger partial charge in [-0.3, -0.25) is 0 Å². The van der Waals surface area contributed by atoms with Crippen LogP contribution in [0.5, 0.6) is 5.75 Å². The molecule has 0 bridgehead atoms. The first-order chi connectivity index (χ1) is 6.43. The lowest BCUT2D eigenvalue weighted by Crippen LogP contribution is -2.11. The summed E-state index contributed by atoms with van der Waals surface area (Å²) in [6.07, 6.45) is 0. The maximum atomic E-state index is 5.52. The largest absolute Gasteiger partial charge is 0.494 e. The summed E-state index contributed by atoms with van der Waals surface area (Å²) in [6, 6.07) is 6.41. The van der Waals surface area contributed by atoms with Crippen LogP contribution in [-0.2, 0) is 5.41 Å². The van der Waals surface area contributed by atoms with Gasteiger partial charge < -0.3 is 4.74 Å². The van der Waals surface area contributed by atoms with E-state index in [1.165, 1.54) is 9.13 Å². The van der Waals surface area contributed by atoms with Gasteiger partial charge in [-0.1, -0.05) is 20.8 Å². The predicted molar refractivity (Wildman–Crippen MR) is 69.0 cm³/mol. The molecule has 0 radical (unpaired) electrons. The summed E-state index contributed by atoms with van der Waals surface area (Å²) in [5.74, 6) is 0.976. The van der Waals surface area contributed by atoms with Crippen molar-refractivity contribution < 1.29 is 4.74 Å². The molecule has 0 heterocycles. The van der Waals surface area contributed by atoms with Crippen molar-refractivity contribution >= 4 is 22.6 Å². The summed E-state index contributed by atoms with van der Waals surface area (Å²) >= 11 is 2.33. The minimum Gasteiger partial charge on any atom is -0.494 e. The van der Waals surface area contributed by atoms with Crippen molar-refractivity contribution in [3.05, 3.63) is 27.3 Å². The first kappa shape index (κ1) is 11.8. The summed E-state index contributed by atoms with van der Waals surface area (Å²) in [5, 5.41) is 0. The van der Waals surface area contributed by atoms with Gasteiger partial charge in [-0.25, -0.2) is 0 Å². The van der Waals surface area contributed by atoms with E-state index in [9.17, 15) is 0 Å². The summed E-state index contributed by atoms with van der Waals surface area (Å²) in [4.78, 5) is 0. The lowest BCUT2D eigenvalue weighted by molar-refractivity contribution is 0.339. The highest BCUT2D eigenvalue weighted by molar-refractivity contribution is 14.1. The maximum absolute atomic E-state index is 5.52. The summed E-state index contributed by atoms with van der Waals surface area (Å²) in [5.41, 5.74) is 1.51. The van der Waals surface area contributed by atoms with E-state index >= 15 is 0 Å². The molecule has 1 rings (SSSR count). The van der Waals surface area contributed by atoms with E-state index < -0.39 is 0 Å². The first-order valence-corrected chi connectivity index (χ1v) is 5.95. The van der Waals surface area contributed by atoms with E-state index in [2.05, 4.69) is 61.6 Å². The van der Waals surface area contributed by atoms with Crippen LogP contribution in [-0.4, -0.2) is 6.61 Å². The Morgan fingerprint density at radius 2 is 1.86 bits per heavy atom.